The van der Waals surface area contributed by atoms with Gasteiger partial charge in [0.1, 0.15) is 0 Å². The van der Waals surface area contributed by atoms with Gasteiger partial charge in [-0.15, -0.1) is 0 Å². The maximum Gasteiger partial charge on any atom is 0.0664 e. The quantitative estimate of drug-likeness (QED) is 0.622. The van der Waals surface area contributed by atoms with Crippen LogP contribution >= 0.6 is 0 Å². The number of aromatic nitrogens is 1. The lowest BCUT2D eigenvalue weighted by molar-refractivity contribution is 0.196. The monoisotopic (exact) mass is 166 g/mol. The fourth-order valence-corrected chi connectivity index (χ4v) is 1.94. The number of nitrogens with zero attached hydrogens (tertiary/aromatic N) is 1. The SMILES string of the molecule is Cn1cc2c(c1)C(N)(CO)CC2. The lowest BCUT2D eigenvalue weighted by Crippen LogP contribution is -2.37. The first-order chi connectivity index (χ1) is 5.65. The Morgan fingerprint density at radius 2 is 2.42 bits per heavy atom. The van der Waals surface area contributed by atoms with E-state index >= 15 is 0 Å². The van der Waals surface area contributed by atoms with E-state index in [1.165, 1.54) is 5.56 Å². The standard InChI is InChI=1S/C9H14N2O/c1-11-4-7-2-3-9(10,6-12)8(7)5-11/h4-5,12H,2-3,6,10H2,1H3. The van der Waals surface area contributed by atoms with Gasteiger partial charge in [-0.3, -0.25) is 0 Å². The molecule has 0 bridgehead atoms. The minimum Gasteiger partial charge on any atom is -0.394 e. The number of rotatable bonds is 1. The van der Waals surface area contributed by atoms with E-state index < -0.39 is 5.54 Å². The van der Waals surface area contributed by atoms with Crippen LogP contribution in [0.4, 0.5) is 0 Å². The zero-order valence-corrected chi connectivity index (χ0v) is 7.25. The molecule has 1 aliphatic carbocycles. The molecule has 1 unspecified atom stereocenters. The number of nitrogens with two attached hydrogens (primary N) is 1. The third kappa shape index (κ3) is 0.901. The van der Waals surface area contributed by atoms with Crippen molar-refractivity contribution in [1.82, 2.24) is 4.57 Å². The van der Waals surface area contributed by atoms with Gasteiger partial charge < -0.3 is 15.4 Å². The summed E-state index contributed by atoms with van der Waals surface area (Å²) >= 11 is 0. The van der Waals surface area contributed by atoms with Crippen molar-refractivity contribution < 1.29 is 5.11 Å². The molecule has 3 nitrogen and oxygen atoms in total. The Morgan fingerprint density at radius 1 is 1.67 bits per heavy atom. The predicted molar refractivity (Wildman–Crippen MR) is 46.7 cm³/mol. The second-order valence-corrected chi connectivity index (χ2v) is 3.68. The van der Waals surface area contributed by atoms with Gasteiger partial charge in [-0.1, -0.05) is 0 Å². The van der Waals surface area contributed by atoms with Gasteiger partial charge in [0.2, 0.25) is 0 Å². The van der Waals surface area contributed by atoms with Crippen molar-refractivity contribution >= 4 is 0 Å². The summed E-state index contributed by atoms with van der Waals surface area (Å²) in [5.74, 6) is 0. The summed E-state index contributed by atoms with van der Waals surface area (Å²) in [7, 11) is 1.98. The topological polar surface area (TPSA) is 51.2 Å². The highest BCUT2D eigenvalue weighted by Crippen LogP contribution is 2.34. The van der Waals surface area contributed by atoms with E-state index in [-0.39, 0.29) is 6.61 Å². The number of hydrogen-bond acceptors (Lipinski definition) is 2. The maximum absolute atomic E-state index is 9.15. The largest absolute Gasteiger partial charge is 0.394 e. The summed E-state index contributed by atoms with van der Waals surface area (Å²) in [5, 5.41) is 9.15. The number of fused-ring (bicyclic) bond motifs is 1. The summed E-state index contributed by atoms with van der Waals surface area (Å²) in [6.07, 6.45) is 5.96. The zero-order chi connectivity index (χ0) is 8.77. The summed E-state index contributed by atoms with van der Waals surface area (Å²) < 4.78 is 2.00. The average molecular weight is 166 g/mol. The smallest absolute Gasteiger partial charge is 0.0664 e. The molecule has 66 valence electrons. The number of hydrogen-bond donors (Lipinski definition) is 2. The van der Waals surface area contributed by atoms with Crippen LogP contribution in [-0.2, 0) is 19.0 Å². The van der Waals surface area contributed by atoms with Gasteiger partial charge in [-0.2, -0.15) is 0 Å². The Hall–Kier alpha value is -0.800. The van der Waals surface area contributed by atoms with Crippen LogP contribution in [0, 0.1) is 0 Å². The van der Waals surface area contributed by atoms with Gasteiger partial charge in [0, 0.05) is 19.4 Å². The highest BCUT2D eigenvalue weighted by molar-refractivity contribution is 5.36. The summed E-state index contributed by atoms with van der Waals surface area (Å²) in [6, 6.07) is 0. The third-order valence-electron chi connectivity index (χ3n) is 2.70. The van der Waals surface area contributed by atoms with Gasteiger partial charge >= 0.3 is 0 Å². The van der Waals surface area contributed by atoms with E-state index in [0.717, 1.165) is 18.4 Å². The molecule has 1 aromatic rings. The minimum absolute atomic E-state index is 0.0456. The van der Waals surface area contributed by atoms with Crippen LogP contribution in [0.1, 0.15) is 17.5 Å². The van der Waals surface area contributed by atoms with E-state index in [4.69, 9.17) is 10.8 Å². The van der Waals surface area contributed by atoms with Gasteiger partial charge in [-0.25, -0.2) is 0 Å². The second kappa shape index (κ2) is 2.34. The summed E-state index contributed by atoms with van der Waals surface area (Å²) in [5.41, 5.74) is 7.95. The van der Waals surface area contributed by atoms with Crippen molar-refractivity contribution in [2.75, 3.05) is 6.61 Å². The van der Waals surface area contributed by atoms with Crippen LogP contribution < -0.4 is 5.73 Å². The summed E-state index contributed by atoms with van der Waals surface area (Å²) in [4.78, 5) is 0. The van der Waals surface area contributed by atoms with E-state index in [1.54, 1.807) is 0 Å². The predicted octanol–water partition coefficient (Wildman–Crippen LogP) is 0.118. The average Bonchev–Trinajstić information content (AvgIpc) is 2.53. The van der Waals surface area contributed by atoms with Crippen molar-refractivity contribution in [2.24, 2.45) is 12.8 Å². The zero-order valence-electron chi connectivity index (χ0n) is 7.25. The molecule has 1 heterocycles. The Kier molecular flexibility index (Phi) is 1.53. The first kappa shape index (κ1) is 7.83. The highest BCUT2D eigenvalue weighted by Gasteiger charge is 2.35. The van der Waals surface area contributed by atoms with Crippen LogP contribution in [-0.4, -0.2) is 16.3 Å². The van der Waals surface area contributed by atoms with Gasteiger partial charge in [-0.05, 0) is 24.0 Å². The second-order valence-electron chi connectivity index (χ2n) is 3.68. The molecule has 0 aliphatic heterocycles. The number of aryl methyl sites for hydroxylation is 2. The molecule has 0 fully saturated rings. The van der Waals surface area contributed by atoms with Crippen LogP contribution in [0.5, 0.6) is 0 Å². The molecule has 1 aliphatic rings. The molecule has 1 aromatic heterocycles. The fraction of sp³-hybridized carbons (Fsp3) is 0.556. The normalized spacial score (nSPS) is 27.6. The van der Waals surface area contributed by atoms with Crippen molar-refractivity contribution in [3.05, 3.63) is 23.5 Å². The van der Waals surface area contributed by atoms with E-state index in [2.05, 4.69) is 6.20 Å². The Labute approximate surface area is 71.8 Å². The van der Waals surface area contributed by atoms with E-state index in [9.17, 15) is 0 Å². The van der Waals surface area contributed by atoms with Crippen molar-refractivity contribution in [3.8, 4) is 0 Å². The first-order valence-electron chi connectivity index (χ1n) is 4.21. The molecule has 0 radical (unpaired) electrons. The Bertz CT molecular complexity index is 305. The molecule has 0 saturated carbocycles. The number of aliphatic hydroxyl groups is 1. The van der Waals surface area contributed by atoms with E-state index in [1.807, 2.05) is 17.8 Å². The third-order valence-corrected chi connectivity index (χ3v) is 2.70. The van der Waals surface area contributed by atoms with Gasteiger partial charge in [0.25, 0.3) is 0 Å². The molecule has 1 atom stereocenters. The Balaban J connectivity index is 2.47. The summed E-state index contributed by atoms with van der Waals surface area (Å²) in [6.45, 7) is 0.0456. The van der Waals surface area contributed by atoms with Gasteiger partial charge in [0.05, 0.1) is 12.1 Å². The maximum atomic E-state index is 9.15. The number of aliphatic hydroxyl groups excluding tert-OH is 1. The molecule has 0 saturated heterocycles. The molecular weight excluding hydrogens is 152 g/mol. The fourth-order valence-electron chi connectivity index (χ4n) is 1.94. The van der Waals surface area contributed by atoms with Crippen LogP contribution in [0.25, 0.3) is 0 Å². The molecule has 3 N–H and O–H groups in total. The lowest BCUT2D eigenvalue weighted by atomic mass is 9.97. The van der Waals surface area contributed by atoms with Crippen molar-refractivity contribution in [2.45, 2.75) is 18.4 Å². The molecule has 0 amide bonds. The molecule has 0 aromatic carbocycles. The molecular formula is C9H14N2O. The molecule has 2 rings (SSSR count). The van der Waals surface area contributed by atoms with Crippen molar-refractivity contribution in [1.29, 1.82) is 0 Å². The van der Waals surface area contributed by atoms with Crippen molar-refractivity contribution in [3.63, 3.8) is 0 Å². The first-order valence-corrected chi connectivity index (χ1v) is 4.21. The van der Waals surface area contributed by atoms with Gasteiger partial charge in [0.15, 0.2) is 0 Å². The molecule has 0 spiro atoms. The highest BCUT2D eigenvalue weighted by atomic mass is 16.3. The van der Waals surface area contributed by atoms with Crippen LogP contribution in [0.2, 0.25) is 0 Å². The minimum atomic E-state index is -0.476. The van der Waals surface area contributed by atoms with Crippen LogP contribution in [0.15, 0.2) is 12.4 Å². The van der Waals surface area contributed by atoms with Crippen LogP contribution in [0.3, 0.4) is 0 Å². The Morgan fingerprint density at radius 3 is 3.08 bits per heavy atom. The lowest BCUT2D eigenvalue weighted by Gasteiger charge is -2.20. The van der Waals surface area contributed by atoms with E-state index in [0.29, 0.717) is 0 Å². The molecule has 3 heteroatoms. The molecule has 12 heavy (non-hydrogen) atoms.